The van der Waals surface area contributed by atoms with Crippen molar-refractivity contribution in [2.75, 3.05) is 7.11 Å². The number of rotatable bonds is 4. The standard InChI is InChI=1S/C19H16N2O4S/c1-11-3-6-13(7-4-11)20-19-21-17(22)16(26-19)10-12-5-8-15(25-2)14(9-12)18(23)24/h3-10H,1-2H3,(H,23,24)(H,20,21,22). The zero-order valence-electron chi connectivity index (χ0n) is 14.1. The van der Waals surface area contributed by atoms with Crippen LogP contribution in [0.15, 0.2) is 52.4 Å². The summed E-state index contributed by atoms with van der Waals surface area (Å²) in [7, 11) is 1.41. The third kappa shape index (κ3) is 3.94. The van der Waals surface area contributed by atoms with Gasteiger partial charge in [-0.05, 0) is 54.6 Å². The summed E-state index contributed by atoms with van der Waals surface area (Å²) in [5, 5.41) is 12.5. The number of ether oxygens (including phenoxy) is 1. The molecular weight excluding hydrogens is 352 g/mol. The lowest BCUT2D eigenvalue weighted by Crippen LogP contribution is -2.19. The number of benzene rings is 2. The molecule has 0 radical (unpaired) electrons. The van der Waals surface area contributed by atoms with Crippen molar-refractivity contribution >= 4 is 40.6 Å². The number of nitrogens with one attached hydrogen (secondary N) is 1. The molecule has 2 aromatic rings. The molecule has 1 amide bonds. The van der Waals surface area contributed by atoms with Crippen LogP contribution in [0.25, 0.3) is 6.08 Å². The van der Waals surface area contributed by atoms with Crippen LogP contribution in [0.2, 0.25) is 0 Å². The first kappa shape index (κ1) is 17.8. The molecule has 3 rings (SSSR count). The van der Waals surface area contributed by atoms with Crippen molar-refractivity contribution in [1.82, 2.24) is 5.32 Å². The Hall–Kier alpha value is -3.06. The smallest absolute Gasteiger partial charge is 0.339 e. The van der Waals surface area contributed by atoms with Crippen LogP contribution < -0.4 is 10.1 Å². The first-order valence-corrected chi connectivity index (χ1v) is 8.55. The van der Waals surface area contributed by atoms with Gasteiger partial charge in [-0.1, -0.05) is 23.8 Å². The largest absolute Gasteiger partial charge is 0.496 e. The molecule has 1 aliphatic rings. The third-order valence-corrected chi connectivity index (χ3v) is 4.58. The number of methoxy groups -OCH3 is 1. The van der Waals surface area contributed by atoms with Crippen molar-refractivity contribution in [2.45, 2.75) is 6.92 Å². The van der Waals surface area contributed by atoms with Gasteiger partial charge in [0, 0.05) is 0 Å². The molecule has 1 fully saturated rings. The van der Waals surface area contributed by atoms with E-state index in [1.165, 1.54) is 24.9 Å². The van der Waals surface area contributed by atoms with E-state index in [4.69, 9.17) is 4.74 Å². The van der Waals surface area contributed by atoms with E-state index in [1.54, 1.807) is 18.2 Å². The number of aryl methyl sites for hydroxylation is 1. The average Bonchev–Trinajstić information content (AvgIpc) is 2.96. The van der Waals surface area contributed by atoms with Gasteiger partial charge in [-0.2, -0.15) is 0 Å². The highest BCUT2D eigenvalue weighted by Gasteiger charge is 2.24. The topological polar surface area (TPSA) is 88.0 Å². The first-order chi connectivity index (χ1) is 12.5. The quantitative estimate of drug-likeness (QED) is 0.805. The van der Waals surface area contributed by atoms with Crippen LogP contribution in [0.3, 0.4) is 0 Å². The minimum absolute atomic E-state index is 0.0406. The molecule has 26 heavy (non-hydrogen) atoms. The lowest BCUT2D eigenvalue weighted by Gasteiger charge is -2.05. The molecule has 0 spiro atoms. The summed E-state index contributed by atoms with van der Waals surface area (Å²) in [5.41, 5.74) is 2.51. The highest BCUT2D eigenvalue weighted by Crippen LogP contribution is 2.29. The Kier molecular flexibility index (Phi) is 5.09. The van der Waals surface area contributed by atoms with Crippen LogP contribution in [0.4, 0.5) is 5.69 Å². The predicted molar refractivity (Wildman–Crippen MR) is 102 cm³/mol. The van der Waals surface area contributed by atoms with Gasteiger partial charge < -0.3 is 15.2 Å². The Morgan fingerprint density at radius 1 is 1.23 bits per heavy atom. The zero-order chi connectivity index (χ0) is 18.7. The molecule has 132 valence electrons. The van der Waals surface area contributed by atoms with E-state index in [1.807, 2.05) is 31.2 Å². The van der Waals surface area contributed by atoms with Gasteiger partial charge in [0.1, 0.15) is 11.3 Å². The number of carbonyl (C=O) groups excluding carboxylic acids is 1. The molecule has 1 heterocycles. The van der Waals surface area contributed by atoms with Gasteiger partial charge in [0.2, 0.25) is 0 Å². The normalized spacial score (nSPS) is 16.8. The van der Waals surface area contributed by atoms with Crippen molar-refractivity contribution in [3.05, 3.63) is 64.1 Å². The van der Waals surface area contributed by atoms with Crippen molar-refractivity contribution in [3.8, 4) is 5.75 Å². The number of carboxylic acids is 1. The molecule has 0 atom stereocenters. The van der Waals surface area contributed by atoms with Crippen molar-refractivity contribution in [3.63, 3.8) is 0 Å². The molecule has 0 aliphatic carbocycles. The molecule has 0 aromatic heterocycles. The Balaban J connectivity index is 1.86. The van der Waals surface area contributed by atoms with Crippen LogP contribution >= 0.6 is 11.8 Å². The van der Waals surface area contributed by atoms with E-state index in [0.717, 1.165) is 11.3 Å². The maximum atomic E-state index is 12.2. The minimum Gasteiger partial charge on any atom is -0.496 e. The minimum atomic E-state index is -1.09. The molecule has 7 heteroatoms. The fourth-order valence-corrected chi connectivity index (χ4v) is 3.19. The van der Waals surface area contributed by atoms with E-state index in [9.17, 15) is 14.7 Å². The summed E-state index contributed by atoms with van der Waals surface area (Å²) in [6.07, 6.45) is 1.63. The summed E-state index contributed by atoms with van der Waals surface area (Å²) in [6, 6.07) is 12.4. The molecule has 1 saturated heterocycles. The summed E-state index contributed by atoms with van der Waals surface area (Å²) in [4.78, 5) is 28.3. The van der Waals surface area contributed by atoms with E-state index in [2.05, 4.69) is 10.3 Å². The maximum absolute atomic E-state index is 12.2. The number of amidine groups is 1. The second-order valence-electron chi connectivity index (χ2n) is 5.58. The maximum Gasteiger partial charge on any atom is 0.339 e. The molecular formula is C19H16N2O4S. The van der Waals surface area contributed by atoms with Crippen LogP contribution in [0, 0.1) is 6.92 Å². The highest BCUT2D eigenvalue weighted by atomic mass is 32.2. The lowest BCUT2D eigenvalue weighted by molar-refractivity contribution is -0.115. The Morgan fingerprint density at radius 3 is 2.62 bits per heavy atom. The number of carbonyl (C=O) groups is 2. The van der Waals surface area contributed by atoms with E-state index < -0.39 is 5.97 Å². The van der Waals surface area contributed by atoms with Gasteiger partial charge in [0.15, 0.2) is 5.17 Å². The number of aromatic carboxylic acids is 1. The van der Waals surface area contributed by atoms with Gasteiger partial charge >= 0.3 is 5.97 Å². The number of carboxylic acid groups (broad SMARTS) is 1. The molecule has 0 bridgehead atoms. The molecule has 0 saturated carbocycles. The monoisotopic (exact) mass is 368 g/mol. The van der Waals surface area contributed by atoms with Gasteiger partial charge in [-0.25, -0.2) is 9.79 Å². The molecule has 6 nitrogen and oxygen atoms in total. The summed E-state index contributed by atoms with van der Waals surface area (Å²) < 4.78 is 5.04. The lowest BCUT2D eigenvalue weighted by atomic mass is 10.1. The Labute approximate surface area is 154 Å². The Morgan fingerprint density at radius 2 is 1.96 bits per heavy atom. The van der Waals surface area contributed by atoms with E-state index >= 15 is 0 Å². The molecule has 2 N–H and O–H groups in total. The van der Waals surface area contributed by atoms with Gasteiger partial charge in [0.25, 0.3) is 5.91 Å². The fraction of sp³-hybridized carbons (Fsp3) is 0.105. The molecule has 2 aromatic carbocycles. The van der Waals surface area contributed by atoms with Crippen LogP contribution in [-0.4, -0.2) is 29.3 Å². The number of nitrogens with zero attached hydrogens (tertiary/aromatic N) is 1. The zero-order valence-corrected chi connectivity index (χ0v) is 15.0. The van der Waals surface area contributed by atoms with Gasteiger partial charge in [0.05, 0.1) is 17.7 Å². The summed E-state index contributed by atoms with van der Waals surface area (Å²) >= 11 is 1.21. The van der Waals surface area contributed by atoms with Crippen molar-refractivity contribution in [2.24, 2.45) is 4.99 Å². The first-order valence-electron chi connectivity index (χ1n) is 7.74. The second kappa shape index (κ2) is 7.45. The predicted octanol–water partition coefficient (Wildman–Crippen LogP) is 3.59. The highest BCUT2D eigenvalue weighted by molar-refractivity contribution is 8.18. The van der Waals surface area contributed by atoms with Crippen LogP contribution in [0.1, 0.15) is 21.5 Å². The number of hydrogen-bond acceptors (Lipinski definition) is 5. The Bertz CT molecular complexity index is 933. The molecule has 0 unspecified atom stereocenters. The third-order valence-electron chi connectivity index (χ3n) is 3.67. The van der Waals surface area contributed by atoms with Gasteiger partial charge in [-0.15, -0.1) is 0 Å². The molecule has 1 aliphatic heterocycles. The second-order valence-corrected chi connectivity index (χ2v) is 6.61. The number of amides is 1. The van der Waals surface area contributed by atoms with Gasteiger partial charge in [-0.3, -0.25) is 4.79 Å². The summed E-state index contributed by atoms with van der Waals surface area (Å²) in [5.74, 6) is -1.09. The average molecular weight is 368 g/mol. The fourth-order valence-electron chi connectivity index (χ4n) is 2.35. The van der Waals surface area contributed by atoms with Crippen LogP contribution in [0.5, 0.6) is 5.75 Å². The summed E-state index contributed by atoms with van der Waals surface area (Å²) in [6.45, 7) is 1.99. The number of thioether (sulfide) groups is 1. The van der Waals surface area contributed by atoms with E-state index in [-0.39, 0.29) is 17.2 Å². The van der Waals surface area contributed by atoms with Crippen molar-refractivity contribution in [1.29, 1.82) is 0 Å². The number of hydrogen-bond donors (Lipinski definition) is 2. The SMILES string of the molecule is COc1ccc(C=C2SC(=Nc3ccc(C)cc3)NC2=O)cc1C(=O)O. The van der Waals surface area contributed by atoms with Crippen LogP contribution in [-0.2, 0) is 4.79 Å². The van der Waals surface area contributed by atoms with Crippen molar-refractivity contribution < 1.29 is 19.4 Å². The van der Waals surface area contributed by atoms with E-state index in [0.29, 0.717) is 15.6 Å². The number of aliphatic imine (C=N–C) groups is 1.